The highest BCUT2D eigenvalue weighted by atomic mass is 35.5. The van der Waals surface area contributed by atoms with E-state index in [1.54, 1.807) is 6.07 Å². The van der Waals surface area contributed by atoms with Gasteiger partial charge in [0.25, 0.3) is 0 Å². The fourth-order valence-corrected chi connectivity index (χ4v) is 3.79. The van der Waals surface area contributed by atoms with E-state index in [0.29, 0.717) is 21.2 Å². The Labute approximate surface area is 134 Å². The molecule has 0 aliphatic carbocycles. The van der Waals surface area contributed by atoms with Crippen LogP contribution >= 0.6 is 34.8 Å². The van der Waals surface area contributed by atoms with E-state index in [2.05, 4.69) is 14.8 Å². The van der Waals surface area contributed by atoms with Crippen molar-refractivity contribution < 1.29 is 0 Å². The number of anilines is 1. The van der Waals surface area contributed by atoms with Gasteiger partial charge in [-0.1, -0.05) is 41.2 Å². The molecular formula is C14H18Cl3N3. The third-order valence-electron chi connectivity index (χ3n) is 4.24. The highest BCUT2D eigenvalue weighted by Gasteiger charge is 2.30. The van der Waals surface area contributed by atoms with Gasteiger partial charge >= 0.3 is 0 Å². The van der Waals surface area contributed by atoms with Crippen molar-refractivity contribution in [2.45, 2.75) is 31.7 Å². The van der Waals surface area contributed by atoms with Gasteiger partial charge in [-0.05, 0) is 38.4 Å². The predicted molar refractivity (Wildman–Crippen MR) is 85.3 cm³/mol. The Balaban J connectivity index is 1.72. The molecule has 0 spiro atoms. The highest BCUT2D eigenvalue weighted by Crippen LogP contribution is 2.33. The minimum atomic E-state index is 0.326. The second-order valence-electron chi connectivity index (χ2n) is 5.55. The summed E-state index contributed by atoms with van der Waals surface area (Å²) in [6.45, 7) is 4.40. The summed E-state index contributed by atoms with van der Waals surface area (Å²) in [6.07, 6.45) is 5.18. The maximum Gasteiger partial charge on any atom is 0.150 e. The molecule has 0 bridgehead atoms. The maximum absolute atomic E-state index is 6.25. The molecule has 0 saturated carbocycles. The normalized spacial score (nSPS) is 24.4. The van der Waals surface area contributed by atoms with Crippen molar-refractivity contribution in [3.8, 4) is 0 Å². The van der Waals surface area contributed by atoms with Gasteiger partial charge < -0.3 is 4.90 Å². The number of aromatic nitrogens is 1. The van der Waals surface area contributed by atoms with E-state index in [-0.39, 0.29) is 0 Å². The van der Waals surface area contributed by atoms with Crippen molar-refractivity contribution in [2.75, 3.05) is 31.1 Å². The molecule has 1 aromatic rings. The molecule has 0 radical (unpaired) electrons. The van der Waals surface area contributed by atoms with E-state index in [9.17, 15) is 0 Å². The average Bonchev–Trinajstić information content (AvgIpc) is 2.93. The maximum atomic E-state index is 6.25. The Bertz CT molecular complexity index is 489. The van der Waals surface area contributed by atoms with Crippen LogP contribution in [-0.4, -0.2) is 42.1 Å². The average molecular weight is 335 g/mol. The van der Waals surface area contributed by atoms with Crippen molar-refractivity contribution in [3.05, 3.63) is 21.3 Å². The molecule has 3 rings (SSSR count). The summed E-state index contributed by atoms with van der Waals surface area (Å²) in [5, 5.41) is 1.32. The van der Waals surface area contributed by atoms with Gasteiger partial charge in [-0.2, -0.15) is 0 Å². The van der Waals surface area contributed by atoms with Crippen LogP contribution in [0, 0.1) is 0 Å². The molecule has 1 atom stereocenters. The highest BCUT2D eigenvalue weighted by molar-refractivity contribution is 6.42. The van der Waals surface area contributed by atoms with Gasteiger partial charge in [0, 0.05) is 19.1 Å². The minimum absolute atomic E-state index is 0.326. The number of halogens is 3. The van der Waals surface area contributed by atoms with Crippen LogP contribution in [0.1, 0.15) is 25.7 Å². The van der Waals surface area contributed by atoms with Crippen molar-refractivity contribution in [1.29, 1.82) is 0 Å². The first-order chi connectivity index (χ1) is 9.65. The van der Waals surface area contributed by atoms with E-state index in [4.69, 9.17) is 34.8 Å². The summed E-state index contributed by atoms with van der Waals surface area (Å²) in [5.74, 6) is 0.764. The minimum Gasteiger partial charge on any atom is -0.354 e. The molecular weight excluding hydrogens is 317 g/mol. The second kappa shape index (κ2) is 6.27. The number of piperidine rings is 1. The van der Waals surface area contributed by atoms with Crippen molar-refractivity contribution in [3.63, 3.8) is 0 Å². The lowest BCUT2D eigenvalue weighted by Gasteiger charge is -2.32. The summed E-state index contributed by atoms with van der Waals surface area (Å²) in [6, 6.07) is 2.30. The number of likely N-dealkylation sites (tertiary alicyclic amines) is 1. The number of pyridine rings is 1. The van der Waals surface area contributed by atoms with Gasteiger partial charge in [-0.15, -0.1) is 0 Å². The van der Waals surface area contributed by atoms with E-state index in [1.807, 2.05) is 0 Å². The van der Waals surface area contributed by atoms with E-state index < -0.39 is 0 Å². The predicted octanol–water partition coefficient (Wildman–Crippen LogP) is 4.11. The summed E-state index contributed by atoms with van der Waals surface area (Å²) < 4.78 is 0. The quantitative estimate of drug-likeness (QED) is 0.759. The van der Waals surface area contributed by atoms with Crippen LogP contribution in [0.2, 0.25) is 15.2 Å². The summed E-state index contributed by atoms with van der Waals surface area (Å²) in [4.78, 5) is 9.17. The van der Waals surface area contributed by atoms with E-state index >= 15 is 0 Å². The standard InChI is InChI=1S/C14H18Cl3N3/c15-11-8-12(16)14(18-13(11)17)20-7-4-10(9-20)19-5-2-1-3-6-19/h8,10H,1-7,9H2. The number of hydrogen-bond acceptors (Lipinski definition) is 3. The van der Waals surface area contributed by atoms with Gasteiger partial charge in [-0.3, -0.25) is 4.90 Å². The van der Waals surface area contributed by atoms with Gasteiger partial charge in [0.2, 0.25) is 0 Å². The second-order valence-corrected chi connectivity index (χ2v) is 6.72. The first kappa shape index (κ1) is 14.7. The third kappa shape index (κ3) is 3.01. The molecule has 2 saturated heterocycles. The van der Waals surface area contributed by atoms with Crippen molar-refractivity contribution in [2.24, 2.45) is 0 Å². The number of hydrogen-bond donors (Lipinski definition) is 0. The van der Waals surface area contributed by atoms with Crippen molar-refractivity contribution >= 4 is 40.6 Å². The monoisotopic (exact) mass is 333 g/mol. The molecule has 2 aliphatic rings. The van der Waals surface area contributed by atoms with Gasteiger partial charge in [0.05, 0.1) is 10.0 Å². The lowest BCUT2D eigenvalue weighted by molar-refractivity contribution is 0.175. The zero-order valence-corrected chi connectivity index (χ0v) is 13.6. The summed E-state index contributed by atoms with van der Waals surface area (Å²) in [5.41, 5.74) is 0. The SMILES string of the molecule is Clc1cc(Cl)c(N2CCC(N3CCCCC3)C2)nc1Cl. The molecule has 2 aliphatic heterocycles. The molecule has 0 amide bonds. The molecule has 0 N–H and O–H groups in total. The lowest BCUT2D eigenvalue weighted by atomic mass is 10.1. The van der Waals surface area contributed by atoms with Crippen LogP contribution in [0.15, 0.2) is 6.07 Å². The Hall–Kier alpha value is -0.220. The Kier molecular flexibility index (Phi) is 4.61. The summed E-state index contributed by atoms with van der Waals surface area (Å²) >= 11 is 18.2. The lowest BCUT2D eigenvalue weighted by Crippen LogP contribution is -2.41. The topological polar surface area (TPSA) is 19.4 Å². The molecule has 2 fully saturated rings. The van der Waals surface area contributed by atoms with Crippen molar-refractivity contribution in [1.82, 2.24) is 9.88 Å². The molecule has 6 heteroatoms. The molecule has 20 heavy (non-hydrogen) atoms. The third-order valence-corrected chi connectivity index (χ3v) is 5.19. The first-order valence-electron chi connectivity index (χ1n) is 7.15. The van der Waals surface area contributed by atoms with Crippen LogP contribution in [-0.2, 0) is 0 Å². The fraction of sp³-hybridized carbons (Fsp3) is 0.643. The Morgan fingerprint density at radius 2 is 1.75 bits per heavy atom. The zero-order chi connectivity index (χ0) is 14.1. The van der Waals surface area contributed by atoms with Gasteiger partial charge in [0.15, 0.2) is 0 Å². The van der Waals surface area contributed by atoms with E-state index in [1.165, 1.54) is 32.4 Å². The van der Waals surface area contributed by atoms with Crippen LogP contribution in [0.25, 0.3) is 0 Å². The number of rotatable bonds is 2. The van der Waals surface area contributed by atoms with Crippen LogP contribution < -0.4 is 4.90 Å². The fourth-order valence-electron chi connectivity index (χ4n) is 3.17. The van der Waals surface area contributed by atoms with Crippen LogP contribution in [0.5, 0.6) is 0 Å². The largest absolute Gasteiger partial charge is 0.354 e. The van der Waals surface area contributed by atoms with E-state index in [0.717, 1.165) is 25.3 Å². The molecule has 0 aromatic carbocycles. The molecule has 3 heterocycles. The summed E-state index contributed by atoms with van der Waals surface area (Å²) in [7, 11) is 0. The van der Waals surface area contributed by atoms with Crippen LogP contribution in [0.4, 0.5) is 5.82 Å². The molecule has 110 valence electrons. The number of nitrogens with zero attached hydrogens (tertiary/aromatic N) is 3. The smallest absolute Gasteiger partial charge is 0.150 e. The van der Waals surface area contributed by atoms with Gasteiger partial charge in [0.1, 0.15) is 11.0 Å². The van der Waals surface area contributed by atoms with Gasteiger partial charge in [-0.25, -0.2) is 4.98 Å². The molecule has 3 nitrogen and oxygen atoms in total. The first-order valence-corrected chi connectivity index (χ1v) is 8.29. The Morgan fingerprint density at radius 3 is 2.50 bits per heavy atom. The molecule has 1 aromatic heterocycles. The zero-order valence-electron chi connectivity index (χ0n) is 11.3. The Morgan fingerprint density at radius 1 is 1.00 bits per heavy atom. The van der Waals surface area contributed by atoms with Crippen LogP contribution in [0.3, 0.4) is 0 Å². The molecule has 1 unspecified atom stereocenters.